The molecule has 1 aliphatic rings. The fourth-order valence-corrected chi connectivity index (χ4v) is 4.04. The maximum absolute atomic E-state index is 12.7. The van der Waals surface area contributed by atoms with Crippen LogP contribution in [0.2, 0.25) is 0 Å². The smallest absolute Gasteiger partial charge is 0.244 e. The van der Waals surface area contributed by atoms with E-state index in [-0.39, 0.29) is 17.5 Å². The summed E-state index contributed by atoms with van der Waals surface area (Å²) >= 11 is 1.35. The Balaban J connectivity index is 1.47. The molecule has 130 valence electrons. The van der Waals surface area contributed by atoms with Gasteiger partial charge in [-0.25, -0.2) is 0 Å². The number of hydrogen-bond acceptors (Lipinski definition) is 4. The van der Waals surface area contributed by atoms with E-state index in [2.05, 4.69) is 0 Å². The number of ketones is 1. The summed E-state index contributed by atoms with van der Waals surface area (Å²) < 4.78 is 5.71. The van der Waals surface area contributed by atoms with E-state index in [1.54, 1.807) is 17.0 Å². The Morgan fingerprint density at radius 3 is 2.42 bits per heavy atom. The molecule has 3 aromatic rings. The van der Waals surface area contributed by atoms with Crippen LogP contribution >= 0.6 is 11.8 Å². The molecule has 1 unspecified atom stereocenters. The average molecular weight is 363 g/mol. The minimum Gasteiger partial charge on any atom is -0.453 e. The van der Waals surface area contributed by atoms with Gasteiger partial charge < -0.3 is 9.32 Å². The molecule has 2 aromatic carbocycles. The number of amides is 1. The number of benzene rings is 2. The molecule has 0 N–H and O–H groups in total. The predicted octanol–water partition coefficient (Wildman–Crippen LogP) is 4.23. The predicted molar refractivity (Wildman–Crippen MR) is 102 cm³/mol. The summed E-state index contributed by atoms with van der Waals surface area (Å²) in [5, 5.41) is -0.728. The molecule has 1 saturated heterocycles. The zero-order chi connectivity index (χ0) is 17.9. The summed E-state index contributed by atoms with van der Waals surface area (Å²) in [6.45, 7) is 0.518. The van der Waals surface area contributed by atoms with Crippen LogP contribution in [0.15, 0.2) is 77.2 Å². The summed E-state index contributed by atoms with van der Waals surface area (Å²) in [5.74, 6) is 0.956. The van der Waals surface area contributed by atoms with Crippen LogP contribution in [0.25, 0.3) is 11.3 Å². The first-order valence-corrected chi connectivity index (χ1v) is 9.41. The van der Waals surface area contributed by atoms with E-state index in [0.717, 1.165) is 11.1 Å². The summed E-state index contributed by atoms with van der Waals surface area (Å²) in [4.78, 5) is 27.1. The van der Waals surface area contributed by atoms with Crippen LogP contribution < -0.4 is 0 Å². The highest BCUT2D eigenvalue weighted by atomic mass is 32.2. The van der Waals surface area contributed by atoms with Crippen LogP contribution in [0.1, 0.15) is 16.1 Å². The van der Waals surface area contributed by atoms with E-state index in [9.17, 15) is 9.59 Å². The molecule has 1 amide bonds. The van der Waals surface area contributed by atoms with Crippen LogP contribution in [0, 0.1) is 0 Å². The van der Waals surface area contributed by atoms with E-state index < -0.39 is 5.25 Å². The number of hydrogen-bond donors (Lipinski definition) is 0. The second-order valence-corrected chi connectivity index (χ2v) is 7.15. The molecule has 4 nitrogen and oxygen atoms in total. The van der Waals surface area contributed by atoms with Crippen LogP contribution in [0.3, 0.4) is 0 Å². The molecule has 4 rings (SSSR count). The summed E-state index contributed by atoms with van der Waals surface area (Å²) in [5.41, 5.74) is 1.96. The van der Waals surface area contributed by atoms with Crippen LogP contribution in [-0.4, -0.2) is 27.7 Å². The zero-order valence-electron chi connectivity index (χ0n) is 14.0. The van der Waals surface area contributed by atoms with Gasteiger partial charge in [0.1, 0.15) is 5.76 Å². The molecular weight excluding hydrogens is 346 g/mol. The highest BCUT2D eigenvalue weighted by molar-refractivity contribution is 8.01. The van der Waals surface area contributed by atoms with Crippen molar-refractivity contribution in [1.82, 2.24) is 4.90 Å². The van der Waals surface area contributed by atoms with Crippen molar-refractivity contribution in [2.24, 2.45) is 0 Å². The molecule has 1 atom stereocenters. The molecule has 0 saturated carbocycles. The lowest BCUT2D eigenvalue weighted by atomic mass is 10.1. The van der Waals surface area contributed by atoms with Crippen molar-refractivity contribution < 1.29 is 14.0 Å². The Bertz CT molecular complexity index is 921. The molecular formula is C21H17NO3S. The summed E-state index contributed by atoms with van der Waals surface area (Å²) in [6, 6.07) is 22.8. The SMILES string of the molecule is O=C(c1ccc(-c2ccccc2)o1)C1SCN(Cc2ccccc2)C1=O. The molecule has 1 aliphatic heterocycles. The van der Waals surface area contributed by atoms with E-state index in [1.807, 2.05) is 60.7 Å². The highest BCUT2D eigenvalue weighted by Crippen LogP contribution is 2.30. The molecule has 1 fully saturated rings. The van der Waals surface area contributed by atoms with E-state index in [4.69, 9.17) is 4.42 Å². The van der Waals surface area contributed by atoms with Crippen molar-refractivity contribution in [3.05, 3.63) is 84.1 Å². The minimum absolute atomic E-state index is 0.151. The molecule has 0 spiro atoms. The third-order valence-electron chi connectivity index (χ3n) is 4.29. The van der Waals surface area contributed by atoms with Gasteiger partial charge in [0.25, 0.3) is 0 Å². The first kappa shape index (κ1) is 16.7. The van der Waals surface area contributed by atoms with E-state index in [1.165, 1.54) is 11.8 Å². The molecule has 0 aliphatic carbocycles. The van der Waals surface area contributed by atoms with Crippen LogP contribution in [-0.2, 0) is 11.3 Å². The molecule has 0 bridgehead atoms. The van der Waals surface area contributed by atoms with Gasteiger partial charge in [0, 0.05) is 12.1 Å². The lowest BCUT2D eigenvalue weighted by Crippen LogP contribution is -2.33. The Morgan fingerprint density at radius 1 is 1.00 bits per heavy atom. The summed E-state index contributed by atoms with van der Waals surface area (Å²) in [6.07, 6.45) is 0. The van der Waals surface area contributed by atoms with Gasteiger partial charge >= 0.3 is 0 Å². The first-order chi connectivity index (χ1) is 12.7. The van der Waals surface area contributed by atoms with Crippen molar-refractivity contribution in [2.45, 2.75) is 11.8 Å². The van der Waals surface area contributed by atoms with Crippen molar-refractivity contribution in [3.8, 4) is 11.3 Å². The summed E-state index contributed by atoms with van der Waals surface area (Å²) in [7, 11) is 0. The number of carbonyl (C=O) groups excluding carboxylic acids is 2. The lowest BCUT2D eigenvalue weighted by molar-refractivity contribution is -0.128. The topological polar surface area (TPSA) is 50.5 Å². The second kappa shape index (κ2) is 7.22. The third-order valence-corrected chi connectivity index (χ3v) is 5.50. The molecule has 1 aromatic heterocycles. The number of rotatable bonds is 5. The van der Waals surface area contributed by atoms with E-state index in [0.29, 0.717) is 18.2 Å². The normalized spacial score (nSPS) is 16.8. The maximum atomic E-state index is 12.7. The number of carbonyl (C=O) groups is 2. The first-order valence-electron chi connectivity index (χ1n) is 8.36. The van der Waals surface area contributed by atoms with Gasteiger partial charge in [-0.15, -0.1) is 11.8 Å². The molecule has 5 heteroatoms. The number of thioether (sulfide) groups is 1. The van der Waals surface area contributed by atoms with Gasteiger partial charge in [-0.1, -0.05) is 60.7 Å². The van der Waals surface area contributed by atoms with Gasteiger partial charge in [-0.2, -0.15) is 0 Å². The van der Waals surface area contributed by atoms with Gasteiger partial charge in [0.15, 0.2) is 11.0 Å². The molecule has 26 heavy (non-hydrogen) atoms. The lowest BCUT2D eigenvalue weighted by Gasteiger charge is -2.15. The van der Waals surface area contributed by atoms with E-state index >= 15 is 0 Å². The zero-order valence-corrected chi connectivity index (χ0v) is 14.8. The van der Waals surface area contributed by atoms with Crippen molar-refractivity contribution >= 4 is 23.5 Å². The van der Waals surface area contributed by atoms with Crippen molar-refractivity contribution in [2.75, 3.05) is 5.88 Å². The van der Waals surface area contributed by atoms with Crippen molar-refractivity contribution in [3.63, 3.8) is 0 Å². The Kier molecular flexibility index (Phi) is 4.63. The molecule has 2 heterocycles. The number of furan rings is 1. The van der Waals surface area contributed by atoms with Gasteiger partial charge in [0.2, 0.25) is 11.7 Å². The van der Waals surface area contributed by atoms with Gasteiger partial charge in [-0.3, -0.25) is 9.59 Å². The standard InChI is InChI=1S/C21H17NO3S/c23-19(18-12-11-17(25-18)16-9-5-2-6-10-16)20-21(24)22(14-26-20)13-15-7-3-1-4-8-15/h1-12,20H,13-14H2. The maximum Gasteiger partial charge on any atom is 0.244 e. The average Bonchev–Trinajstić information content (AvgIpc) is 3.31. The van der Waals surface area contributed by atoms with Crippen molar-refractivity contribution in [1.29, 1.82) is 0 Å². The van der Waals surface area contributed by atoms with Gasteiger partial charge in [0.05, 0.1) is 5.88 Å². The monoisotopic (exact) mass is 363 g/mol. The Labute approximate surface area is 155 Å². The highest BCUT2D eigenvalue weighted by Gasteiger charge is 2.39. The Hall–Kier alpha value is -2.79. The van der Waals surface area contributed by atoms with Crippen LogP contribution in [0.4, 0.5) is 0 Å². The Morgan fingerprint density at radius 2 is 1.69 bits per heavy atom. The minimum atomic E-state index is -0.728. The number of nitrogens with zero attached hydrogens (tertiary/aromatic N) is 1. The fourth-order valence-electron chi connectivity index (χ4n) is 2.94. The third kappa shape index (κ3) is 3.30. The molecule has 0 radical (unpaired) electrons. The van der Waals surface area contributed by atoms with Crippen LogP contribution in [0.5, 0.6) is 0 Å². The second-order valence-electron chi connectivity index (χ2n) is 6.09. The quantitative estimate of drug-likeness (QED) is 0.503. The number of Topliss-reactive ketones (excluding diaryl/α,β-unsaturated/α-hetero) is 1. The fraction of sp³-hybridized carbons (Fsp3) is 0.143. The largest absolute Gasteiger partial charge is 0.453 e. The van der Waals surface area contributed by atoms with Gasteiger partial charge in [-0.05, 0) is 17.7 Å².